The minimum Gasteiger partial charge on any atom is -0.491 e. The fourth-order valence-corrected chi connectivity index (χ4v) is 5.49. The standard InChI is InChI=1S/C26H35ClN6O2/c1-16(2)35-23-8-7-18(27)12-20(23)26(34)32-10-5-4-6-22(32)21-13-24-29-25(17(3)14-33(24)30-21)31-11-9-19(28)15-31/h7-8,12-14,16,19,22,26,34H,4-6,9-11,15,28H2,1-3H3/t19-,22-,26?/m0/s1. The van der Waals surface area contributed by atoms with Gasteiger partial charge in [-0.1, -0.05) is 18.0 Å². The fourth-order valence-electron chi connectivity index (χ4n) is 5.31. The van der Waals surface area contributed by atoms with Crippen LogP contribution < -0.4 is 15.4 Å². The summed E-state index contributed by atoms with van der Waals surface area (Å²) in [7, 11) is 0. The SMILES string of the molecule is Cc1cn2nc([C@@H]3CCCCN3C(O)c3cc(Cl)ccc3OC(C)C)cc2nc1N1CC[C@H](N)C1. The molecule has 9 heteroatoms. The van der Waals surface area contributed by atoms with Crippen molar-refractivity contribution in [3.63, 3.8) is 0 Å². The number of hydrogen-bond acceptors (Lipinski definition) is 7. The van der Waals surface area contributed by atoms with Crippen molar-refractivity contribution in [1.82, 2.24) is 19.5 Å². The number of anilines is 1. The van der Waals surface area contributed by atoms with Crippen molar-refractivity contribution in [3.8, 4) is 5.75 Å². The number of piperidine rings is 1. The molecule has 0 amide bonds. The molecule has 3 aromatic rings. The summed E-state index contributed by atoms with van der Waals surface area (Å²) in [4.78, 5) is 9.32. The van der Waals surface area contributed by atoms with Crippen LogP contribution in [0.15, 0.2) is 30.5 Å². The first-order chi connectivity index (χ1) is 16.8. The van der Waals surface area contributed by atoms with Crippen LogP contribution in [0.3, 0.4) is 0 Å². The maximum absolute atomic E-state index is 11.5. The van der Waals surface area contributed by atoms with Gasteiger partial charge in [0.15, 0.2) is 5.65 Å². The maximum Gasteiger partial charge on any atom is 0.157 e. The van der Waals surface area contributed by atoms with Crippen LogP contribution in [-0.2, 0) is 0 Å². The smallest absolute Gasteiger partial charge is 0.157 e. The molecule has 0 saturated carbocycles. The van der Waals surface area contributed by atoms with Crippen molar-refractivity contribution in [1.29, 1.82) is 0 Å². The molecular formula is C26H35ClN6O2. The number of nitrogens with zero attached hydrogens (tertiary/aromatic N) is 5. The largest absolute Gasteiger partial charge is 0.491 e. The van der Waals surface area contributed by atoms with Crippen LogP contribution in [-0.4, -0.2) is 56.4 Å². The Bertz CT molecular complexity index is 1200. The molecule has 0 bridgehead atoms. The van der Waals surface area contributed by atoms with Crippen LogP contribution >= 0.6 is 11.6 Å². The lowest BCUT2D eigenvalue weighted by atomic mass is 9.97. The summed E-state index contributed by atoms with van der Waals surface area (Å²) in [5.74, 6) is 1.63. The highest BCUT2D eigenvalue weighted by molar-refractivity contribution is 6.30. The fraction of sp³-hybridized carbons (Fsp3) is 0.538. The van der Waals surface area contributed by atoms with Crippen molar-refractivity contribution in [2.24, 2.45) is 5.73 Å². The molecule has 0 spiro atoms. The number of aliphatic hydroxyl groups is 1. The van der Waals surface area contributed by atoms with Crippen LogP contribution in [0.5, 0.6) is 5.75 Å². The van der Waals surface area contributed by atoms with E-state index >= 15 is 0 Å². The van der Waals surface area contributed by atoms with Gasteiger partial charge in [0.2, 0.25) is 0 Å². The Balaban J connectivity index is 1.47. The van der Waals surface area contributed by atoms with Crippen LogP contribution in [0.1, 0.15) is 68.6 Å². The van der Waals surface area contributed by atoms with Crippen LogP contribution in [0.4, 0.5) is 5.82 Å². The summed E-state index contributed by atoms with van der Waals surface area (Å²) in [5, 5.41) is 17.0. The first-order valence-electron chi connectivity index (χ1n) is 12.6. The number of benzene rings is 1. The van der Waals surface area contributed by atoms with Gasteiger partial charge in [-0.25, -0.2) is 9.50 Å². The molecular weight excluding hydrogens is 464 g/mol. The topological polar surface area (TPSA) is 92.1 Å². The van der Waals surface area contributed by atoms with E-state index in [0.717, 1.165) is 68.0 Å². The number of rotatable bonds is 6. The van der Waals surface area contributed by atoms with E-state index in [1.165, 1.54) is 0 Å². The molecule has 2 aliphatic heterocycles. The molecule has 2 aromatic heterocycles. The summed E-state index contributed by atoms with van der Waals surface area (Å²) >= 11 is 6.31. The second-order valence-electron chi connectivity index (χ2n) is 10.1. The van der Waals surface area contributed by atoms with Crippen molar-refractivity contribution < 1.29 is 9.84 Å². The molecule has 2 aliphatic rings. The average Bonchev–Trinajstić information content (AvgIpc) is 3.44. The van der Waals surface area contributed by atoms with E-state index in [2.05, 4.69) is 22.8 Å². The summed E-state index contributed by atoms with van der Waals surface area (Å²) < 4.78 is 7.85. The molecule has 1 unspecified atom stereocenters. The lowest BCUT2D eigenvalue weighted by Crippen LogP contribution is -2.37. The van der Waals surface area contributed by atoms with Crippen molar-refractivity contribution in [2.75, 3.05) is 24.5 Å². The Morgan fingerprint density at radius 2 is 2.00 bits per heavy atom. The normalized spacial score (nSPS) is 22.3. The zero-order valence-corrected chi connectivity index (χ0v) is 21.4. The third kappa shape index (κ3) is 4.98. The first kappa shape index (κ1) is 24.3. The van der Waals surface area contributed by atoms with Crippen molar-refractivity contribution in [3.05, 3.63) is 52.3 Å². The molecule has 1 aromatic carbocycles. The van der Waals surface area contributed by atoms with Gasteiger partial charge in [-0.3, -0.25) is 4.90 Å². The molecule has 4 heterocycles. The summed E-state index contributed by atoms with van der Waals surface area (Å²) in [5.41, 5.74) is 9.62. The molecule has 35 heavy (non-hydrogen) atoms. The molecule has 3 N–H and O–H groups in total. The van der Waals surface area contributed by atoms with Gasteiger partial charge in [0.05, 0.1) is 17.8 Å². The molecule has 8 nitrogen and oxygen atoms in total. The third-order valence-corrected chi connectivity index (χ3v) is 7.20. The highest BCUT2D eigenvalue weighted by Gasteiger charge is 2.33. The summed E-state index contributed by atoms with van der Waals surface area (Å²) in [6.45, 7) is 8.54. The Morgan fingerprint density at radius 1 is 1.17 bits per heavy atom. The highest BCUT2D eigenvalue weighted by atomic mass is 35.5. The van der Waals surface area contributed by atoms with Gasteiger partial charge in [-0.15, -0.1) is 0 Å². The van der Waals surface area contributed by atoms with E-state index in [4.69, 9.17) is 32.2 Å². The van der Waals surface area contributed by atoms with Crippen LogP contribution in [0, 0.1) is 6.92 Å². The Morgan fingerprint density at radius 3 is 2.74 bits per heavy atom. The molecule has 2 fully saturated rings. The monoisotopic (exact) mass is 498 g/mol. The van der Waals surface area contributed by atoms with Gasteiger partial charge in [-0.05, 0) is 58.2 Å². The number of likely N-dealkylation sites (tertiary alicyclic amines) is 1. The van der Waals surface area contributed by atoms with Gasteiger partial charge in [0, 0.05) is 54.1 Å². The lowest BCUT2D eigenvalue weighted by Gasteiger charge is -2.38. The molecule has 5 rings (SSSR count). The van der Waals surface area contributed by atoms with Gasteiger partial charge >= 0.3 is 0 Å². The lowest BCUT2D eigenvalue weighted by molar-refractivity contribution is -0.0472. The Labute approximate surface area is 211 Å². The number of halogens is 1. The second kappa shape index (κ2) is 9.93. The molecule has 0 radical (unpaired) electrons. The van der Waals surface area contributed by atoms with E-state index in [-0.39, 0.29) is 18.2 Å². The average molecular weight is 499 g/mol. The van der Waals surface area contributed by atoms with E-state index in [1.54, 1.807) is 12.1 Å². The quantitative estimate of drug-likeness (QED) is 0.525. The highest BCUT2D eigenvalue weighted by Crippen LogP contribution is 2.40. The first-order valence-corrected chi connectivity index (χ1v) is 13.0. The minimum absolute atomic E-state index is 0.00798. The predicted molar refractivity (Wildman–Crippen MR) is 138 cm³/mol. The number of fused-ring (bicyclic) bond motifs is 1. The predicted octanol–water partition coefficient (Wildman–Crippen LogP) is 4.23. The van der Waals surface area contributed by atoms with E-state index in [1.807, 2.05) is 30.6 Å². The number of aryl methyl sites for hydroxylation is 1. The Hall–Kier alpha value is -2.39. The minimum atomic E-state index is -0.853. The zero-order chi connectivity index (χ0) is 24.7. The van der Waals surface area contributed by atoms with Crippen LogP contribution in [0.25, 0.3) is 5.65 Å². The summed E-state index contributed by atoms with van der Waals surface area (Å²) in [6, 6.07) is 7.65. The van der Waals surface area contributed by atoms with Crippen molar-refractivity contribution in [2.45, 2.75) is 70.9 Å². The molecule has 188 valence electrons. The molecule has 3 atom stereocenters. The number of nitrogens with two attached hydrogens (primary N) is 1. The van der Waals surface area contributed by atoms with Crippen molar-refractivity contribution >= 4 is 23.1 Å². The molecule has 0 aliphatic carbocycles. The van der Waals surface area contributed by atoms with E-state index < -0.39 is 6.23 Å². The number of aliphatic hydroxyl groups excluding tert-OH is 1. The zero-order valence-electron chi connectivity index (χ0n) is 20.7. The summed E-state index contributed by atoms with van der Waals surface area (Å²) in [6.07, 6.45) is 5.17. The Kier molecular flexibility index (Phi) is 6.90. The second-order valence-corrected chi connectivity index (χ2v) is 10.5. The number of ether oxygens (including phenoxy) is 1. The third-order valence-electron chi connectivity index (χ3n) is 6.96. The van der Waals surface area contributed by atoms with Gasteiger partial charge in [-0.2, -0.15) is 5.10 Å². The van der Waals surface area contributed by atoms with Gasteiger partial charge in [0.1, 0.15) is 17.8 Å². The van der Waals surface area contributed by atoms with Gasteiger partial charge < -0.3 is 20.5 Å². The van der Waals surface area contributed by atoms with E-state index in [9.17, 15) is 5.11 Å². The number of aromatic nitrogens is 3. The number of hydrogen-bond donors (Lipinski definition) is 2. The van der Waals surface area contributed by atoms with Gasteiger partial charge in [0.25, 0.3) is 0 Å². The van der Waals surface area contributed by atoms with Crippen LogP contribution in [0.2, 0.25) is 5.02 Å². The van der Waals surface area contributed by atoms with E-state index in [0.29, 0.717) is 16.3 Å². The molecule has 2 saturated heterocycles. The maximum atomic E-state index is 11.5.